The van der Waals surface area contributed by atoms with Crippen molar-refractivity contribution in [2.45, 2.75) is 18.9 Å². The number of anilines is 1. The summed E-state index contributed by atoms with van der Waals surface area (Å²) in [5.41, 5.74) is 0.424. The summed E-state index contributed by atoms with van der Waals surface area (Å²) in [4.78, 5) is 19.2. The van der Waals surface area contributed by atoms with Gasteiger partial charge in [-0.1, -0.05) is 23.2 Å². The lowest BCUT2D eigenvalue weighted by Gasteiger charge is -2.36. The molecular formula is C13H17Cl2N3O2. The van der Waals surface area contributed by atoms with Crippen molar-refractivity contribution in [2.24, 2.45) is 0 Å². The lowest BCUT2D eigenvalue weighted by molar-refractivity contribution is 0.0690. The number of pyridine rings is 1. The Kier molecular flexibility index (Phi) is 4.73. The van der Waals surface area contributed by atoms with Crippen LogP contribution in [0.15, 0.2) is 6.07 Å². The van der Waals surface area contributed by atoms with Crippen molar-refractivity contribution < 1.29 is 9.90 Å². The molecule has 2 heterocycles. The van der Waals surface area contributed by atoms with Crippen LogP contribution in [0.3, 0.4) is 0 Å². The van der Waals surface area contributed by atoms with Gasteiger partial charge in [-0.05, 0) is 33.0 Å². The zero-order valence-corrected chi connectivity index (χ0v) is 12.9. The number of nitrogens with zero attached hydrogens (tertiary/aromatic N) is 3. The number of piperidine rings is 1. The van der Waals surface area contributed by atoms with E-state index in [1.165, 1.54) is 0 Å². The van der Waals surface area contributed by atoms with Crippen molar-refractivity contribution >= 4 is 34.9 Å². The minimum Gasteiger partial charge on any atom is -0.476 e. The molecule has 0 amide bonds. The van der Waals surface area contributed by atoms with Gasteiger partial charge >= 0.3 is 5.97 Å². The largest absolute Gasteiger partial charge is 0.476 e. The van der Waals surface area contributed by atoms with E-state index in [2.05, 4.69) is 16.9 Å². The van der Waals surface area contributed by atoms with Gasteiger partial charge in [-0.15, -0.1) is 0 Å². The maximum absolute atomic E-state index is 11.1. The number of aromatic carboxylic acids is 1. The van der Waals surface area contributed by atoms with Crippen molar-refractivity contribution in [3.8, 4) is 0 Å². The number of aromatic nitrogens is 1. The first kappa shape index (κ1) is 15.4. The van der Waals surface area contributed by atoms with Crippen LogP contribution in [0.25, 0.3) is 0 Å². The fourth-order valence-electron chi connectivity index (χ4n) is 2.46. The number of carbonyl (C=O) groups is 1. The molecule has 0 aliphatic carbocycles. The average molecular weight is 318 g/mol. The summed E-state index contributed by atoms with van der Waals surface area (Å²) in [5.74, 6) is -1.17. The molecule has 0 atom stereocenters. The van der Waals surface area contributed by atoms with Gasteiger partial charge < -0.3 is 14.9 Å². The molecule has 1 N–H and O–H groups in total. The topological polar surface area (TPSA) is 56.7 Å². The van der Waals surface area contributed by atoms with Crippen molar-refractivity contribution in [3.05, 3.63) is 21.9 Å². The van der Waals surface area contributed by atoms with Gasteiger partial charge in [-0.3, -0.25) is 0 Å². The highest BCUT2D eigenvalue weighted by atomic mass is 35.5. The van der Waals surface area contributed by atoms with Crippen molar-refractivity contribution in [2.75, 3.05) is 32.1 Å². The number of hydrogen-bond acceptors (Lipinski definition) is 4. The van der Waals surface area contributed by atoms with Crippen LogP contribution >= 0.6 is 23.2 Å². The molecule has 0 bridgehead atoms. The van der Waals surface area contributed by atoms with Crippen LogP contribution in [0.5, 0.6) is 0 Å². The van der Waals surface area contributed by atoms with Crippen LogP contribution in [0.1, 0.15) is 23.3 Å². The predicted molar refractivity (Wildman–Crippen MR) is 80.1 cm³/mol. The van der Waals surface area contributed by atoms with Crippen LogP contribution in [0.4, 0.5) is 5.69 Å². The summed E-state index contributed by atoms with van der Waals surface area (Å²) in [5, 5.41) is 9.39. The van der Waals surface area contributed by atoms with Crippen molar-refractivity contribution in [1.29, 1.82) is 0 Å². The highest BCUT2D eigenvalue weighted by molar-refractivity contribution is 6.37. The summed E-state index contributed by atoms with van der Waals surface area (Å²) in [6.45, 7) is 2.02. The van der Waals surface area contributed by atoms with E-state index in [4.69, 9.17) is 28.3 Å². The Hall–Kier alpha value is -1.04. The molecule has 2 rings (SSSR count). The van der Waals surface area contributed by atoms with Gasteiger partial charge in [-0.2, -0.15) is 0 Å². The lowest BCUT2D eigenvalue weighted by atomic mass is 10.0. The molecule has 110 valence electrons. The third-order valence-corrected chi connectivity index (χ3v) is 4.29. The molecule has 0 unspecified atom stereocenters. The minimum atomic E-state index is -1.17. The summed E-state index contributed by atoms with van der Waals surface area (Å²) in [6, 6.07) is 1.94. The molecule has 1 aromatic rings. The summed E-state index contributed by atoms with van der Waals surface area (Å²) in [6.07, 6.45) is 2.01. The van der Waals surface area contributed by atoms with Gasteiger partial charge in [0.05, 0.1) is 10.7 Å². The van der Waals surface area contributed by atoms with Gasteiger partial charge in [0.25, 0.3) is 0 Å². The van der Waals surface area contributed by atoms with E-state index in [0.717, 1.165) is 25.9 Å². The number of likely N-dealkylation sites (tertiary alicyclic amines) is 1. The third-order valence-electron chi connectivity index (χ3n) is 3.73. The van der Waals surface area contributed by atoms with E-state index < -0.39 is 5.97 Å². The molecule has 0 radical (unpaired) electrons. The Labute approximate surface area is 128 Å². The quantitative estimate of drug-likeness (QED) is 0.868. The van der Waals surface area contributed by atoms with Crippen LogP contribution in [0.2, 0.25) is 10.2 Å². The standard InChI is InChI=1S/C13H17Cl2N3O2/c1-17-5-3-8(4-6-17)18(2)9-7-10(14)16-12(11(9)15)13(19)20/h7-8H,3-6H2,1-2H3,(H,19,20). The molecule has 1 fully saturated rings. The molecule has 1 aromatic heterocycles. The van der Waals surface area contributed by atoms with Crippen molar-refractivity contribution in [3.63, 3.8) is 0 Å². The monoisotopic (exact) mass is 317 g/mol. The Morgan fingerprint density at radius 3 is 2.60 bits per heavy atom. The van der Waals surface area contributed by atoms with E-state index in [9.17, 15) is 4.79 Å². The molecule has 20 heavy (non-hydrogen) atoms. The summed E-state index contributed by atoms with van der Waals surface area (Å²) < 4.78 is 0. The smallest absolute Gasteiger partial charge is 0.356 e. The number of carboxylic acids is 1. The van der Waals surface area contributed by atoms with Crippen molar-refractivity contribution in [1.82, 2.24) is 9.88 Å². The summed E-state index contributed by atoms with van der Waals surface area (Å²) >= 11 is 12.1. The SMILES string of the molecule is CN1CCC(N(C)c2cc(Cl)nc(C(=O)O)c2Cl)CC1. The molecular weight excluding hydrogens is 301 g/mol. The fourth-order valence-corrected chi connectivity index (χ4v) is 2.96. The second kappa shape index (κ2) is 6.16. The zero-order chi connectivity index (χ0) is 14.9. The van der Waals surface area contributed by atoms with Crippen LogP contribution in [0, 0.1) is 0 Å². The van der Waals surface area contributed by atoms with Gasteiger partial charge in [0.15, 0.2) is 5.69 Å². The Balaban J connectivity index is 2.29. The third kappa shape index (κ3) is 3.16. The maximum Gasteiger partial charge on any atom is 0.356 e. The lowest BCUT2D eigenvalue weighted by Crippen LogP contribution is -2.42. The molecule has 0 saturated carbocycles. The molecule has 1 aliphatic rings. The Bertz CT molecular complexity index is 517. The molecule has 5 nitrogen and oxygen atoms in total. The first-order valence-corrected chi connectivity index (χ1v) is 7.16. The fraction of sp³-hybridized carbons (Fsp3) is 0.538. The number of hydrogen-bond donors (Lipinski definition) is 1. The number of halogens is 2. The van der Waals surface area contributed by atoms with Gasteiger partial charge in [0.2, 0.25) is 0 Å². The van der Waals surface area contributed by atoms with Gasteiger partial charge in [0, 0.05) is 19.2 Å². The highest BCUT2D eigenvalue weighted by Gasteiger charge is 2.25. The molecule has 1 saturated heterocycles. The number of carboxylic acid groups (broad SMARTS) is 1. The average Bonchev–Trinajstić information content (AvgIpc) is 2.41. The van der Waals surface area contributed by atoms with E-state index in [1.807, 2.05) is 11.9 Å². The molecule has 1 aliphatic heterocycles. The number of rotatable bonds is 3. The van der Waals surface area contributed by atoms with Gasteiger partial charge in [0.1, 0.15) is 5.15 Å². The molecule has 0 spiro atoms. The second-order valence-electron chi connectivity index (χ2n) is 5.08. The normalized spacial score (nSPS) is 17.2. The van der Waals surface area contributed by atoms with E-state index in [1.54, 1.807) is 6.07 Å². The Morgan fingerprint density at radius 1 is 1.45 bits per heavy atom. The summed E-state index contributed by atoms with van der Waals surface area (Å²) in [7, 11) is 4.01. The second-order valence-corrected chi connectivity index (χ2v) is 5.84. The van der Waals surface area contributed by atoms with Crippen LogP contribution < -0.4 is 4.90 Å². The first-order valence-electron chi connectivity index (χ1n) is 6.41. The van der Waals surface area contributed by atoms with Crippen LogP contribution in [-0.2, 0) is 0 Å². The molecule has 0 aromatic carbocycles. The predicted octanol–water partition coefficient (Wildman–Crippen LogP) is 2.62. The van der Waals surface area contributed by atoms with E-state index in [-0.39, 0.29) is 15.9 Å². The van der Waals surface area contributed by atoms with Gasteiger partial charge in [-0.25, -0.2) is 9.78 Å². The molecule has 7 heteroatoms. The highest BCUT2D eigenvalue weighted by Crippen LogP contribution is 2.33. The van der Waals surface area contributed by atoms with E-state index >= 15 is 0 Å². The van der Waals surface area contributed by atoms with E-state index in [0.29, 0.717) is 11.7 Å². The van der Waals surface area contributed by atoms with Crippen LogP contribution in [-0.4, -0.2) is 54.2 Å². The Morgan fingerprint density at radius 2 is 2.05 bits per heavy atom. The maximum atomic E-state index is 11.1. The zero-order valence-electron chi connectivity index (χ0n) is 11.4. The first-order chi connectivity index (χ1) is 9.40. The minimum absolute atomic E-state index is 0.140.